The number of nitriles is 1. The lowest BCUT2D eigenvalue weighted by atomic mass is 10.1. The standard InChI is InChI=1S/C10H7ClN4/c11-10-4-3-8(6-9(10)7-12)2-1-5-14-15-13/h1-4,6H,5H2. The van der Waals surface area contributed by atoms with E-state index < -0.39 is 0 Å². The van der Waals surface area contributed by atoms with E-state index in [1.54, 1.807) is 30.4 Å². The first kappa shape index (κ1) is 11.1. The maximum atomic E-state index is 8.73. The molecule has 0 N–H and O–H groups in total. The Morgan fingerprint density at radius 3 is 3.07 bits per heavy atom. The Hall–Kier alpha value is -1.95. The van der Waals surface area contributed by atoms with Gasteiger partial charge in [0.05, 0.1) is 10.6 Å². The number of hydrogen-bond donors (Lipinski definition) is 0. The molecule has 1 aromatic rings. The van der Waals surface area contributed by atoms with Gasteiger partial charge < -0.3 is 0 Å². The zero-order chi connectivity index (χ0) is 11.1. The van der Waals surface area contributed by atoms with Crippen LogP contribution in [0.2, 0.25) is 5.02 Å². The van der Waals surface area contributed by atoms with E-state index in [-0.39, 0.29) is 0 Å². The summed E-state index contributed by atoms with van der Waals surface area (Å²) in [5, 5.41) is 12.5. The van der Waals surface area contributed by atoms with Crippen molar-refractivity contribution < 1.29 is 0 Å². The van der Waals surface area contributed by atoms with Crippen molar-refractivity contribution in [3.63, 3.8) is 0 Å². The molecule has 4 nitrogen and oxygen atoms in total. The van der Waals surface area contributed by atoms with Crippen LogP contribution in [0.4, 0.5) is 0 Å². The molecule has 0 atom stereocenters. The van der Waals surface area contributed by atoms with Crippen molar-refractivity contribution in [2.24, 2.45) is 5.11 Å². The molecule has 15 heavy (non-hydrogen) atoms. The van der Waals surface area contributed by atoms with Gasteiger partial charge in [-0.05, 0) is 23.2 Å². The lowest BCUT2D eigenvalue weighted by molar-refractivity contribution is 1.22. The summed E-state index contributed by atoms with van der Waals surface area (Å²) in [7, 11) is 0. The second-order valence-electron chi connectivity index (χ2n) is 2.67. The molecule has 0 saturated heterocycles. The van der Waals surface area contributed by atoms with Crippen molar-refractivity contribution in [2.75, 3.05) is 6.54 Å². The normalized spacial score (nSPS) is 9.60. The van der Waals surface area contributed by atoms with Crippen LogP contribution in [0.3, 0.4) is 0 Å². The molecule has 0 aromatic heterocycles. The highest BCUT2D eigenvalue weighted by Gasteiger charge is 1.98. The number of hydrogen-bond acceptors (Lipinski definition) is 2. The molecule has 74 valence electrons. The first-order valence-electron chi connectivity index (χ1n) is 4.15. The average molecular weight is 219 g/mol. The minimum absolute atomic E-state index is 0.293. The molecule has 0 fully saturated rings. The second kappa shape index (κ2) is 5.71. The molecular weight excluding hydrogens is 212 g/mol. The number of halogens is 1. The fourth-order valence-corrected chi connectivity index (χ4v) is 1.16. The van der Waals surface area contributed by atoms with E-state index in [0.29, 0.717) is 17.1 Å². The van der Waals surface area contributed by atoms with Gasteiger partial charge in [-0.15, -0.1) is 0 Å². The van der Waals surface area contributed by atoms with E-state index >= 15 is 0 Å². The monoisotopic (exact) mass is 218 g/mol. The van der Waals surface area contributed by atoms with Gasteiger partial charge in [0.2, 0.25) is 0 Å². The van der Waals surface area contributed by atoms with Crippen LogP contribution < -0.4 is 0 Å². The van der Waals surface area contributed by atoms with Gasteiger partial charge in [0.25, 0.3) is 0 Å². The zero-order valence-electron chi connectivity index (χ0n) is 7.76. The van der Waals surface area contributed by atoms with E-state index in [1.807, 2.05) is 6.07 Å². The Labute approximate surface area is 92.0 Å². The van der Waals surface area contributed by atoms with Gasteiger partial charge in [0.1, 0.15) is 6.07 Å². The van der Waals surface area contributed by atoms with Gasteiger partial charge in [-0.1, -0.05) is 34.9 Å². The SMILES string of the molecule is N#Cc1cc(C=CCN=[N+]=[N-])ccc1Cl. The predicted molar refractivity (Wildman–Crippen MR) is 59.2 cm³/mol. The Balaban J connectivity index is 2.84. The molecule has 0 aliphatic heterocycles. The van der Waals surface area contributed by atoms with E-state index in [9.17, 15) is 0 Å². The quantitative estimate of drug-likeness (QED) is 0.434. The molecular formula is C10H7ClN4. The third-order valence-corrected chi connectivity index (χ3v) is 2.00. The third kappa shape index (κ3) is 3.35. The number of benzene rings is 1. The van der Waals surface area contributed by atoms with Crippen LogP contribution in [-0.4, -0.2) is 6.54 Å². The Bertz CT molecular complexity index is 467. The lowest BCUT2D eigenvalue weighted by Crippen LogP contribution is -1.79. The second-order valence-corrected chi connectivity index (χ2v) is 3.07. The van der Waals surface area contributed by atoms with Crippen LogP contribution in [-0.2, 0) is 0 Å². The molecule has 0 spiro atoms. The highest BCUT2D eigenvalue weighted by molar-refractivity contribution is 6.31. The maximum Gasteiger partial charge on any atom is 0.101 e. The predicted octanol–water partition coefficient (Wildman–Crippen LogP) is 3.54. The number of azide groups is 1. The molecule has 1 aromatic carbocycles. The van der Waals surface area contributed by atoms with Crippen molar-refractivity contribution in [1.29, 1.82) is 5.26 Å². The van der Waals surface area contributed by atoms with Crippen LogP contribution in [0.1, 0.15) is 11.1 Å². The average Bonchev–Trinajstić information content (AvgIpc) is 2.26. The molecule has 0 unspecified atom stereocenters. The van der Waals surface area contributed by atoms with Crippen LogP contribution in [0.15, 0.2) is 29.4 Å². The fraction of sp³-hybridized carbons (Fsp3) is 0.100. The smallest absolute Gasteiger partial charge is 0.101 e. The largest absolute Gasteiger partial charge is 0.192 e. The summed E-state index contributed by atoms with van der Waals surface area (Å²) in [6.07, 6.45) is 3.48. The molecule has 5 heteroatoms. The van der Waals surface area contributed by atoms with Gasteiger partial charge in [-0.3, -0.25) is 0 Å². The van der Waals surface area contributed by atoms with Gasteiger partial charge in [0, 0.05) is 11.5 Å². The number of rotatable bonds is 3. The summed E-state index contributed by atoms with van der Waals surface area (Å²) >= 11 is 5.77. The Kier molecular flexibility index (Phi) is 4.24. The minimum Gasteiger partial charge on any atom is -0.192 e. The van der Waals surface area contributed by atoms with Crippen LogP contribution in [0.5, 0.6) is 0 Å². The Morgan fingerprint density at radius 1 is 1.60 bits per heavy atom. The van der Waals surface area contributed by atoms with Crippen molar-refractivity contribution in [1.82, 2.24) is 0 Å². The van der Waals surface area contributed by atoms with Crippen molar-refractivity contribution in [3.05, 3.63) is 50.9 Å². The molecule has 0 aliphatic carbocycles. The zero-order valence-corrected chi connectivity index (χ0v) is 8.52. The fourth-order valence-electron chi connectivity index (χ4n) is 1.00. The topological polar surface area (TPSA) is 72.5 Å². The number of nitrogens with zero attached hydrogens (tertiary/aromatic N) is 4. The molecule has 0 radical (unpaired) electrons. The maximum absolute atomic E-state index is 8.73. The summed E-state index contributed by atoms with van der Waals surface area (Å²) in [6, 6.07) is 7.11. The van der Waals surface area contributed by atoms with Crippen LogP contribution in [0, 0.1) is 11.3 Å². The van der Waals surface area contributed by atoms with E-state index in [0.717, 1.165) is 5.56 Å². The molecule has 0 saturated carbocycles. The highest BCUT2D eigenvalue weighted by atomic mass is 35.5. The van der Waals surface area contributed by atoms with Crippen LogP contribution in [0.25, 0.3) is 16.5 Å². The summed E-state index contributed by atoms with van der Waals surface area (Å²) in [4.78, 5) is 2.62. The molecule has 0 aliphatic rings. The first-order valence-corrected chi connectivity index (χ1v) is 4.53. The lowest BCUT2D eigenvalue weighted by Gasteiger charge is -1.96. The van der Waals surface area contributed by atoms with Crippen molar-refractivity contribution in [2.45, 2.75) is 0 Å². The minimum atomic E-state index is 0.293. The van der Waals surface area contributed by atoms with Gasteiger partial charge in [-0.2, -0.15) is 5.26 Å². The van der Waals surface area contributed by atoms with Crippen LogP contribution >= 0.6 is 11.6 Å². The molecule has 0 amide bonds. The Morgan fingerprint density at radius 2 is 2.40 bits per heavy atom. The first-order chi connectivity index (χ1) is 7.27. The molecule has 0 heterocycles. The molecule has 1 rings (SSSR count). The summed E-state index contributed by atoms with van der Waals surface area (Å²) < 4.78 is 0. The van der Waals surface area contributed by atoms with Gasteiger partial charge in [-0.25, -0.2) is 0 Å². The van der Waals surface area contributed by atoms with Gasteiger partial charge >= 0.3 is 0 Å². The van der Waals surface area contributed by atoms with Gasteiger partial charge in [0.15, 0.2) is 0 Å². The van der Waals surface area contributed by atoms with E-state index in [2.05, 4.69) is 10.0 Å². The van der Waals surface area contributed by atoms with Crippen molar-refractivity contribution >= 4 is 17.7 Å². The summed E-state index contributed by atoms with van der Waals surface area (Å²) in [5.41, 5.74) is 9.33. The summed E-state index contributed by atoms with van der Waals surface area (Å²) in [6.45, 7) is 0.293. The van der Waals surface area contributed by atoms with E-state index in [1.165, 1.54) is 0 Å². The highest BCUT2D eigenvalue weighted by Crippen LogP contribution is 2.17. The molecule has 0 bridgehead atoms. The van der Waals surface area contributed by atoms with E-state index in [4.69, 9.17) is 22.4 Å². The third-order valence-electron chi connectivity index (χ3n) is 1.67. The van der Waals surface area contributed by atoms with Crippen molar-refractivity contribution in [3.8, 4) is 6.07 Å². The summed E-state index contributed by atoms with van der Waals surface area (Å²) in [5.74, 6) is 0.